The lowest BCUT2D eigenvalue weighted by Gasteiger charge is -2.27. The van der Waals surface area contributed by atoms with E-state index in [4.69, 9.17) is 0 Å². The van der Waals surface area contributed by atoms with Gasteiger partial charge in [-0.25, -0.2) is 4.79 Å². The highest BCUT2D eigenvalue weighted by Gasteiger charge is 2.32. The number of carboxylic acids is 1. The number of carboxylic acid groups (broad SMARTS) is 1. The number of hydrogen-bond acceptors (Lipinski definition) is 6. The lowest BCUT2D eigenvalue weighted by Crippen LogP contribution is -2.58. The largest absolute Gasteiger partial charge is 0.480 e. The molecule has 1 heterocycles. The van der Waals surface area contributed by atoms with Gasteiger partial charge in [0.05, 0.1) is 6.04 Å². The SMILES string of the molecule is CCC(C)C(NC(=O)C(CC(C)C)NC(=O)C(CCSC)NC(=O)C1CCCN1)C(=O)O. The van der Waals surface area contributed by atoms with E-state index < -0.39 is 35.9 Å². The summed E-state index contributed by atoms with van der Waals surface area (Å²) in [5.74, 6) is -1.74. The quantitative estimate of drug-likeness (QED) is 0.255. The van der Waals surface area contributed by atoms with Gasteiger partial charge in [-0.2, -0.15) is 11.8 Å². The first-order chi connectivity index (χ1) is 15.1. The van der Waals surface area contributed by atoms with Gasteiger partial charge in [0.15, 0.2) is 0 Å². The highest BCUT2D eigenvalue weighted by atomic mass is 32.2. The van der Waals surface area contributed by atoms with Crippen LogP contribution < -0.4 is 21.3 Å². The third-order valence-corrected chi connectivity index (χ3v) is 6.38. The number of carbonyl (C=O) groups is 4. The second-order valence-electron chi connectivity index (χ2n) is 8.89. The van der Waals surface area contributed by atoms with Crippen molar-refractivity contribution in [3.05, 3.63) is 0 Å². The van der Waals surface area contributed by atoms with Gasteiger partial charge in [-0.1, -0.05) is 34.1 Å². The Morgan fingerprint density at radius 2 is 1.72 bits per heavy atom. The fraction of sp³-hybridized carbons (Fsp3) is 0.818. The van der Waals surface area contributed by atoms with Gasteiger partial charge in [0.25, 0.3) is 0 Å². The number of rotatable bonds is 14. The summed E-state index contributed by atoms with van der Waals surface area (Å²) in [7, 11) is 0. The molecule has 1 aliphatic heterocycles. The van der Waals surface area contributed by atoms with Gasteiger partial charge >= 0.3 is 5.97 Å². The zero-order valence-corrected chi connectivity index (χ0v) is 20.7. The summed E-state index contributed by atoms with van der Waals surface area (Å²) >= 11 is 1.57. The molecule has 5 atom stereocenters. The van der Waals surface area contributed by atoms with Crippen LogP contribution in [0.5, 0.6) is 0 Å². The second kappa shape index (κ2) is 14.4. The average molecular weight is 473 g/mol. The monoisotopic (exact) mass is 472 g/mol. The molecule has 3 amide bonds. The highest BCUT2D eigenvalue weighted by Crippen LogP contribution is 2.12. The summed E-state index contributed by atoms with van der Waals surface area (Å²) in [4.78, 5) is 50.1. The third-order valence-electron chi connectivity index (χ3n) is 5.74. The molecule has 5 unspecified atom stereocenters. The van der Waals surface area contributed by atoms with E-state index in [1.54, 1.807) is 18.7 Å². The molecule has 5 N–H and O–H groups in total. The average Bonchev–Trinajstić information content (AvgIpc) is 3.28. The molecule has 0 aromatic heterocycles. The molecule has 10 heteroatoms. The fourth-order valence-corrected chi connectivity index (χ4v) is 4.07. The van der Waals surface area contributed by atoms with Crippen LogP contribution >= 0.6 is 11.8 Å². The minimum absolute atomic E-state index is 0.0971. The van der Waals surface area contributed by atoms with Crippen molar-refractivity contribution < 1.29 is 24.3 Å². The molecule has 0 saturated carbocycles. The Kier molecular flexibility index (Phi) is 12.7. The smallest absolute Gasteiger partial charge is 0.326 e. The van der Waals surface area contributed by atoms with Gasteiger partial charge in [0.1, 0.15) is 18.1 Å². The lowest BCUT2D eigenvalue weighted by atomic mass is 9.97. The molecule has 1 rings (SSSR count). The molecule has 0 radical (unpaired) electrons. The van der Waals surface area contributed by atoms with E-state index in [0.717, 1.165) is 19.4 Å². The fourth-order valence-electron chi connectivity index (χ4n) is 3.60. The van der Waals surface area contributed by atoms with E-state index in [9.17, 15) is 24.3 Å². The zero-order chi connectivity index (χ0) is 24.3. The molecular weight excluding hydrogens is 432 g/mol. The molecule has 32 heavy (non-hydrogen) atoms. The first-order valence-electron chi connectivity index (χ1n) is 11.5. The van der Waals surface area contributed by atoms with E-state index >= 15 is 0 Å². The molecule has 184 valence electrons. The van der Waals surface area contributed by atoms with Crippen molar-refractivity contribution in [1.29, 1.82) is 0 Å². The van der Waals surface area contributed by atoms with E-state index in [0.29, 0.717) is 25.0 Å². The van der Waals surface area contributed by atoms with Gasteiger partial charge < -0.3 is 26.4 Å². The van der Waals surface area contributed by atoms with E-state index in [1.165, 1.54) is 0 Å². The molecular formula is C22H40N4O5S. The minimum Gasteiger partial charge on any atom is -0.480 e. The molecule has 0 bridgehead atoms. The molecule has 0 spiro atoms. The Balaban J connectivity index is 2.91. The van der Waals surface area contributed by atoms with Crippen LogP contribution in [-0.2, 0) is 19.2 Å². The standard InChI is InChI=1S/C22H40N4O5S/c1-6-14(4)18(22(30)31)26-21(29)17(12-13(2)3)25-20(28)16(9-11-32-5)24-19(27)15-8-7-10-23-15/h13-18,23H,6-12H2,1-5H3,(H,24,27)(H,25,28)(H,26,29)(H,30,31). The Bertz CT molecular complexity index is 640. The van der Waals surface area contributed by atoms with Gasteiger partial charge in [-0.15, -0.1) is 0 Å². The van der Waals surface area contributed by atoms with Gasteiger partial charge in [-0.05, 0) is 56.1 Å². The summed E-state index contributed by atoms with van der Waals surface area (Å²) in [6, 6.07) is -2.97. The summed E-state index contributed by atoms with van der Waals surface area (Å²) in [6.07, 6.45) is 4.95. The highest BCUT2D eigenvalue weighted by molar-refractivity contribution is 7.98. The number of aliphatic carboxylic acids is 1. The van der Waals surface area contributed by atoms with Crippen molar-refractivity contribution in [2.24, 2.45) is 11.8 Å². The van der Waals surface area contributed by atoms with E-state index in [-0.39, 0.29) is 23.8 Å². The van der Waals surface area contributed by atoms with E-state index in [1.807, 2.05) is 27.0 Å². The predicted octanol–water partition coefficient (Wildman–Crippen LogP) is 1.12. The van der Waals surface area contributed by atoms with Gasteiger partial charge in [0.2, 0.25) is 17.7 Å². The van der Waals surface area contributed by atoms with Crippen LogP contribution in [0.15, 0.2) is 0 Å². The summed E-state index contributed by atoms with van der Waals surface area (Å²) in [5, 5.41) is 20.8. The maximum absolute atomic E-state index is 13.1. The Morgan fingerprint density at radius 1 is 1.06 bits per heavy atom. The second-order valence-corrected chi connectivity index (χ2v) is 9.88. The Labute approximate surface area is 195 Å². The van der Waals surface area contributed by atoms with Crippen LogP contribution in [-0.4, -0.2) is 71.5 Å². The van der Waals surface area contributed by atoms with Gasteiger partial charge in [-0.3, -0.25) is 14.4 Å². The van der Waals surface area contributed by atoms with Crippen molar-refractivity contribution in [3.8, 4) is 0 Å². The van der Waals surface area contributed by atoms with Crippen LogP contribution in [0.25, 0.3) is 0 Å². The number of hydrogen-bond donors (Lipinski definition) is 5. The molecule has 0 aromatic rings. The summed E-state index contributed by atoms with van der Waals surface area (Å²) in [6.45, 7) is 8.25. The maximum Gasteiger partial charge on any atom is 0.326 e. The molecule has 0 aromatic carbocycles. The normalized spacial score (nSPS) is 19.6. The third kappa shape index (κ3) is 9.36. The van der Waals surface area contributed by atoms with Crippen molar-refractivity contribution in [1.82, 2.24) is 21.3 Å². The van der Waals surface area contributed by atoms with E-state index in [2.05, 4.69) is 21.3 Å². The van der Waals surface area contributed by atoms with Crippen molar-refractivity contribution in [2.75, 3.05) is 18.6 Å². The van der Waals surface area contributed by atoms with Crippen molar-refractivity contribution >= 4 is 35.5 Å². The topological polar surface area (TPSA) is 137 Å². The van der Waals surface area contributed by atoms with Crippen molar-refractivity contribution in [3.63, 3.8) is 0 Å². The predicted molar refractivity (Wildman–Crippen MR) is 126 cm³/mol. The van der Waals surface area contributed by atoms with Crippen LogP contribution in [0.3, 0.4) is 0 Å². The number of thioether (sulfide) groups is 1. The van der Waals surface area contributed by atoms with Crippen LogP contribution in [0.2, 0.25) is 0 Å². The minimum atomic E-state index is -1.10. The summed E-state index contributed by atoms with van der Waals surface area (Å²) in [5.41, 5.74) is 0. The first-order valence-corrected chi connectivity index (χ1v) is 12.9. The number of amides is 3. The Hall–Kier alpha value is -1.81. The Morgan fingerprint density at radius 3 is 2.22 bits per heavy atom. The van der Waals surface area contributed by atoms with Crippen LogP contribution in [0, 0.1) is 11.8 Å². The molecule has 9 nitrogen and oxygen atoms in total. The zero-order valence-electron chi connectivity index (χ0n) is 19.9. The molecule has 1 saturated heterocycles. The molecule has 1 aliphatic rings. The van der Waals surface area contributed by atoms with Crippen molar-refractivity contribution in [2.45, 2.75) is 84.0 Å². The number of carbonyl (C=O) groups excluding carboxylic acids is 3. The van der Waals surface area contributed by atoms with Crippen LogP contribution in [0.1, 0.15) is 59.8 Å². The summed E-state index contributed by atoms with van der Waals surface area (Å²) < 4.78 is 0. The lowest BCUT2D eigenvalue weighted by molar-refractivity contribution is -0.144. The maximum atomic E-state index is 13.1. The first kappa shape index (κ1) is 28.2. The van der Waals surface area contributed by atoms with Gasteiger partial charge in [0, 0.05) is 0 Å². The molecule has 1 fully saturated rings. The van der Waals surface area contributed by atoms with Crippen LogP contribution in [0.4, 0.5) is 0 Å². The molecule has 0 aliphatic carbocycles. The number of nitrogens with one attached hydrogen (secondary N) is 4.